The molecule has 2 aromatic rings. The van der Waals surface area contributed by atoms with E-state index < -0.39 is 0 Å². The summed E-state index contributed by atoms with van der Waals surface area (Å²) in [4.78, 5) is 3.36. The van der Waals surface area contributed by atoms with E-state index in [1.807, 2.05) is 19.2 Å². The lowest BCUT2D eigenvalue weighted by atomic mass is 10.0. The standard InChI is InChI=1S/C14H19ClN2O/c1-9-10(5-4-8-16-2)13-12(18-3)7-6-11(15)14(13)17-9/h6-7,16-17H,4-5,8H2,1-3H3. The van der Waals surface area contributed by atoms with Crippen LogP contribution in [0.25, 0.3) is 10.9 Å². The normalized spacial score (nSPS) is 11.1. The second-order valence-corrected chi connectivity index (χ2v) is 4.84. The summed E-state index contributed by atoms with van der Waals surface area (Å²) in [5, 5.41) is 5.04. The van der Waals surface area contributed by atoms with E-state index in [0.29, 0.717) is 0 Å². The second kappa shape index (κ2) is 5.63. The maximum atomic E-state index is 6.23. The molecule has 0 aliphatic rings. The zero-order valence-electron chi connectivity index (χ0n) is 11.1. The van der Waals surface area contributed by atoms with Crippen LogP contribution in [0.5, 0.6) is 5.75 Å². The van der Waals surface area contributed by atoms with E-state index >= 15 is 0 Å². The summed E-state index contributed by atoms with van der Waals surface area (Å²) in [5.74, 6) is 0.887. The first kappa shape index (κ1) is 13.2. The number of ether oxygens (including phenoxy) is 1. The number of benzene rings is 1. The lowest BCUT2D eigenvalue weighted by Gasteiger charge is -2.06. The third-order valence-corrected chi connectivity index (χ3v) is 3.57. The minimum atomic E-state index is 0.744. The summed E-state index contributed by atoms with van der Waals surface area (Å²) < 4.78 is 5.45. The Balaban J connectivity index is 2.50. The topological polar surface area (TPSA) is 37.0 Å². The molecule has 0 spiro atoms. The van der Waals surface area contributed by atoms with Crippen molar-refractivity contribution in [3.05, 3.63) is 28.4 Å². The smallest absolute Gasteiger partial charge is 0.128 e. The Kier molecular flexibility index (Phi) is 4.15. The Morgan fingerprint density at radius 1 is 1.39 bits per heavy atom. The number of hydrogen-bond acceptors (Lipinski definition) is 2. The highest BCUT2D eigenvalue weighted by molar-refractivity contribution is 6.35. The molecule has 3 nitrogen and oxygen atoms in total. The van der Waals surface area contributed by atoms with Crippen LogP contribution in [0.3, 0.4) is 0 Å². The largest absolute Gasteiger partial charge is 0.496 e. The summed E-state index contributed by atoms with van der Waals surface area (Å²) >= 11 is 6.23. The Hall–Kier alpha value is -1.19. The number of H-pyrrole nitrogens is 1. The van der Waals surface area contributed by atoms with E-state index in [1.165, 1.54) is 11.3 Å². The maximum absolute atomic E-state index is 6.23. The first-order chi connectivity index (χ1) is 8.69. The van der Waals surface area contributed by atoms with Gasteiger partial charge in [0.2, 0.25) is 0 Å². The second-order valence-electron chi connectivity index (χ2n) is 4.44. The van der Waals surface area contributed by atoms with Crippen molar-refractivity contribution in [2.75, 3.05) is 20.7 Å². The molecule has 0 radical (unpaired) electrons. The van der Waals surface area contributed by atoms with Crippen molar-refractivity contribution < 1.29 is 4.74 Å². The summed E-state index contributed by atoms with van der Waals surface area (Å²) in [6.45, 7) is 3.10. The summed E-state index contributed by atoms with van der Waals surface area (Å²) in [5.41, 5.74) is 3.46. The summed E-state index contributed by atoms with van der Waals surface area (Å²) in [6.07, 6.45) is 2.11. The number of nitrogens with one attached hydrogen (secondary N) is 2. The Bertz CT molecular complexity index is 548. The average molecular weight is 267 g/mol. The Morgan fingerprint density at radius 2 is 2.17 bits per heavy atom. The van der Waals surface area contributed by atoms with Gasteiger partial charge < -0.3 is 15.0 Å². The van der Waals surface area contributed by atoms with Crippen LogP contribution < -0.4 is 10.1 Å². The van der Waals surface area contributed by atoms with E-state index in [0.717, 1.165) is 41.1 Å². The van der Waals surface area contributed by atoms with Gasteiger partial charge >= 0.3 is 0 Å². The molecule has 0 fully saturated rings. The van der Waals surface area contributed by atoms with Gasteiger partial charge in [-0.2, -0.15) is 0 Å². The van der Waals surface area contributed by atoms with Crippen molar-refractivity contribution in [2.24, 2.45) is 0 Å². The molecule has 1 heterocycles. The van der Waals surface area contributed by atoms with Crippen molar-refractivity contribution in [1.29, 1.82) is 0 Å². The number of aromatic amines is 1. The summed E-state index contributed by atoms with van der Waals surface area (Å²) in [7, 11) is 3.67. The van der Waals surface area contributed by atoms with Gasteiger partial charge in [-0.15, -0.1) is 0 Å². The number of aromatic nitrogens is 1. The molecule has 1 aromatic heterocycles. The number of halogens is 1. The molecule has 4 heteroatoms. The van der Waals surface area contributed by atoms with Crippen molar-refractivity contribution >= 4 is 22.5 Å². The number of hydrogen-bond donors (Lipinski definition) is 2. The third kappa shape index (κ3) is 2.33. The molecule has 18 heavy (non-hydrogen) atoms. The van der Waals surface area contributed by atoms with Crippen LogP contribution in [0, 0.1) is 6.92 Å². The Labute approximate surface area is 112 Å². The predicted molar refractivity (Wildman–Crippen MR) is 76.8 cm³/mol. The highest BCUT2D eigenvalue weighted by Crippen LogP contribution is 2.35. The lowest BCUT2D eigenvalue weighted by molar-refractivity contribution is 0.419. The van der Waals surface area contributed by atoms with E-state index in [4.69, 9.17) is 16.3 Å². The molecule has 0 atom stereocenters. The van der Waals surface area contributed by atoms with E-state index in [1.54, 1.807) is 7.11 Å². The van der Waals surface area contributed by atoms with Crippen molar-refractivity contribution in [3.63, 3.8) is 0 Å². The number of aryl methyl sites for hydroxylation is 2. The SMILES string of the molecule is CNCCCc1c(C)[nH]c2c(Cl)ccc(OC)c12. The van der Waals surface area contributed by atoms with Gasteiger partial charge in [-0.1, -0.05) is 11.6 Å². The molecule has 0 aliphatic heterocycles. The molecule has 0 unspecified atom stereocenters. The Morgan fingerprint density at radius 3 is 2.83 bits per heavy atom. The predicted octanol–water partition coefficient (Wildman–Crippen LogP) is 3.29. The fraction of sp³-hybridized carbons (Fsp3) is 0.429. The van der Waals surface area contributed by atoms with Crippen LogP contribution >= 0.6 is 11.6 Å². The molecule has 98 valence electrons. The van der Waals surface area contributed by atoms with Crippen LogP contribution in [-0.4, -0.2) is 25.7 Å². The molecular weight excluding hydrogens is 248 g/mol. The van der Waals surface area contributed by atoms with Gasteiger partial charge in [0, 0.05) is 11.1 Å². The van der Waals surface area contributed by atoms with Crippen LogP contribution in [0.4, 0.5) is 0 Å². The summed E-state index contributed by atoms with van der Waals surface area (Å²) in [6, 6.07) is 3.80. The van der Waals surface area contributed by atoms with Crippen LogP contribution in [-0.2, 0) is 6.42 Å². The monoisotopic (exact) mass is 266 g/mol. The highest BCUT2D eigenvalue weighted by Gasteiger charge is 2.14. The van der Waals surface area contributed by atoms with Gasteiger partial charge in [0.25, 0.3) is 0 Å². The van der Waals surface area contributed by atoms with Gasteiger partial charge in [-0.05, 0) is 51.1 Å². The highest BCUT2D eigenvalue weighted by atomic mass is 35.5. The van der Waals surface area contributed by atoms with Gasteiger partial charge in [-0.25, -0.2) is 0 Å². The zero-order chi connectivity index (χ0) is 13.1. The first-order valence-electron chi connectivity index (χ1n) is 6.17. The first-order valence-corrected chi connectivity index (χ1v) is 6.55. The molecule has 1 aromatic carbocycles. The van der Waals surface area contributed by atoms with Gasteiger partial charge in [0.1, 0.15) is 5.75 Å². The van der Waals surface area contributed by atoms with Crippen molar-refractivity contribution in [1.82, 2.24) is 10.3 Å². The number of fused-ring (bicyclic) bond motifs is 1. The van der Waals surface area contributed by atoms with E-state index in [9.17, 15) is 0 Å². The molecule has 2 N–H and O–H groups in total. The van der Waals surface area contributed by atoms with Gasteiger partial charge in [0.15, 0.2) is 0 Å². The molecule has 0 amide bonds. The minimum Gasteiger partial charge on any atom is -0.496 e. The lowest BCUT2D eigenvalue weighted by Crippen LogP contribution is -2.08. The molecule has 0 saturated heterocycles. The number of methoxy groups -OCH3 is 1. The van der Waals surface area contributed by atoms with Crippen LogP contribution in [0.15, 0.2) is 12.1 Å². The molecule has 0 bridgehead atoms. The zero-order valence-corrected chi connectivity index (χ0v) is 11.8. The fourth-order valence-electron chi connectivity index (χ4n) is 2.35. The molecule has 0 saturated carbocycles. The minimum absolute atomic E-state index is 0.744. The van der Waals surface area contributed by atoms with E-state index in [-0.39, 0.29) is 0 Å². The number of rotatable bonds is 5. The van der Waals surface area contributed by atoms with Crippen molar-refractivity contribution in [2.45, 2.75) is 19.8 Å². The van der Waals surface area contributed by atoms with Gasteiger partial charge in [-0.3, -0.25) is 0 Å². The van der Waals surface area contributed by atoms with Crippen LogP contribution in [0.1, 0.15) is 17.7 Å². The molecular formula is C14H19ClN2O. The van der Waals surface area contributed by atoms with E-state index in [2.05, 4.69) is 17.2 Å². The fourth-order valence-corrected chi connectivity index (χ4v) is 2.56. The quantitative estimate of drug-likeness (QED) is 0.815. The van der Waals surface area contributed by atoms with Crippen LogP contribution in [0.2, 0.25) is 5.02 Å². The third-order valence-electron chi connectivity index (χ3n) is 3.26. The average Bonchev–Trinajstić information content (AvgIpc) is 2.69. The maximum Gasteiger partial charge on any atom is 0.128 e. The molecule has 0 aliphatic carbocycles. The van der Waals surface area contributed by atoms with Crippen molar-refractivity contribution in [3.8, 4) is 5.75 Å². The molecule has 2 rings (SSSR count). The van der Waals surface area contributed by atoms with Gasteiger partial charge in [0.05, 0.1) is 17.6 Å².